The lowest BCUT2D eigenvalue weighted by molar-refractivity contribution is -0.384. The van der Waals surface area contributed by atoms with Crippen molar-refractivity contribution in [1.82, 2.24) is 4.90 Å². The van der Waals surface area contributed by atoms with E-state index in [4.69, 9.17) is 0 Å². The molecule has 0 N–H and O–H groups in total. The Morgan fingerprint density at radius 3 is 2.71 bits per heavy atom. The van der Waals surface area contributed by atoms with Gasteiger partial charge in [0.2, 0.25) is 0 Å². The Labute approximate surface area is 153 Å². The van der Waals surface area contributed by atoms with Crippen molar-refractivity contribution in [1.29, 1.82) is 0 Å². The zero-order chi connectivity index (χ0) is 17.3. The van der Waals surface area contributed by atoms with E-state index in [0.29, 0.717) is 10.5 Å². The van der Waals surface area contributed by atoms with Crippen molar-refractivity contribution in [2.24, 2.45) is 0 Å². The molecule has 0 spiro atoms. The first-order valence-electron chi connectivity index (χ1n) is 6.68. The average molecular weight is 425 g/mol. The summed E-state index contributed by atoms with van der Waals surface area (Å²) in [5.41, 5.74) is 0.463. The van der Waals surface area contributed by atoms with Crippen LogP contribution >= 0.6 is 39.0 Å². The van der Waals surface area contributed by atoms with Gasteiger partial charge in [-0.3, -0.25) is 24.6 Å². The minimum atomic E-state index is -0.508. The number of halogens is 1. The number of thioether (sulfide) groups is 1. The first-order valence-corrected chi connectivity index (χ1v) is 9.10. The predicted molar refractivity (Wildman–Crippen MR) is 96.6 cm³/mol. The van der Waals surface area contributed by atoms with E-state index in [0.717, 1.165) is 25.3 Å². The number of nitro groups is 1. The molecule has 1 fully saturated rings. The van der Waals surface area contributed by atoms with Crippen LogP contribution in [0, 0.1) is 10.1 Å². The Kier molecular flexibility index (Phi) is 4.83. The van der Waals surface area contributed by atoms with Crippen molar-refractivity contribution in [3.63, 3.8) is 0 Å². The minimum absolute atomic E-state index is 0.0117. The van der Waals surface area contributed by atoms with Crippen LogP contribution in [0.4, 0.5) is 10.5 Å². The molecular formula is C15H9BrN2O4S2. The summed E-state index contributed by atoms with van der Waals surface area (Å²) in [6.07, 6.45) is 1.67. The molecule has 1 aliphatic rings. The lowest BCUT2D eigenvalue weighted by Gasteiger charge is -2.12. The predicted octanol–water partition coefficient (Wildman–Crippen LogP) is 4.66. The number of thiophene rings is 1. The Morgan fingerprint density at radius 2 is 2.04 bits per heavy atom. The van der Waals surface area contributed by atoms with E-state index in [-0.39, 0.29) is 23.4 Å². The van der Waals surface area contributed by atoms with E-state index in [1.54, 1.807) is 12.1 Å². The van der Waals surface area contributed by atoms with Gasteiger partial charge in [0.05, 0.1) is 20.2 Å². The van der Waals surface area contributed by atoms with E-state index in [2.05, 4.69) is 15.9 Å². The monoisotopic (exact) mass is 424 g/mol. The Balaban J connectivity index is 1.81. The summed E-state index contributed by atoms with van der Waals surface area (Å²) >= 11 is 5.68. The molecule has 122 valence electrons. The summed E-state index contributed by atoms with van der Waals surface area (Å²) in [7, 11) is 0. The fourth-order valence-corrected chi connectivity index (χ4v) is 4.39. The highest BCUT2D eigenvalue weighted by molar-refractivity contribution is 9.11. The molecule has 1 saturated heterocycles. The van der Waals surface area contributed by atoms with Gasteiger partial charge in [-0.2, -0.15) is 0 Å². The fourth-order valence-electron chi connectivity index (χ4n) is 2.12. The van der Waals surface area contributed by atoms with Crippen molar-refractivity contribution < 1.29 is 14.5 Å². The van der Waals surface area contributed by atoms with Gasteiger partial charge in [-0.05, 0) is 51.5 Å². The van der Waals surface area contributed by atoms with E-state index in [1.807, 2.05) is 12.1 Å². The van der Waals surface area contributed by atoms with Gasteiger partial charge >= 0.3 is 0 Å². The molecule has 0 aliphatic carbocycles. The maximum Gasteiger partial charge on any atom is 0.293 e. The summed E-state index contributed by atoms with van der Waals surface area (Å²) in [5, 5.41) is 10.4. The lowest BCUT2D eigenvalue weighted by Crippen LogP contribution is -2.27. The number of carbonyl (C=O) groups excluding carboxylic acids is 2. The highest BCUT2D eigenvalue weighted by atomic mass is 79.9. The SMILES string of the molecule is O=C1S/C(=C\c2ccc(Br)s2)C(=O)N1Cc1cccc([N+](=O)[O-])c1. The highest BCUT2D eigenvalue weighted by Crippen LogP contribution is 2.35. The van der Waals surface area contributed by atoms with Crippen LogP contribution in [0.15, 0.2) is 45.1 Å². The summed E-state index contributed by atoms with van der Waals surface area (Å²) in [6, 6.07) is 9.63. The van der Waals surface area contributed by atoms with E-state index < -0.39 is 4.92 Å². The highest BCUT2D eigenvalue weighted by Gasteiger charge is 2.35. The molecule has 1 aromatic heterocycles. The largest absolute Gasteiger partial charge is 0.293 e. The van der Waals surface area contributed by atoms with Gasteiger partial charge in [0.1, 0.15) is 0 Å². The van der Waals surface area contributed by atoms with Gasteiger partial charge < -0.3 is 0 Å². The summed E-state index contributed by atoms with van der Waals surface area (Å²) in [5.74, 6) is -0.388. The van der Waals surface area contributed by atoms with Gasteiger partial charge in [0.25, 0.3) is 16.8 Å². The van der Waals surface area contributed by atoms with Crippen molar-refractivity contribution in [2.75, 3.05) is 0 Å². The smallest absolute Gasteiger partial charge is 0.268 e. The maximum absolute atomic E-state index is 12.4. The molecule has 0 unspecified atom stereocenters. The summed E-state index contributed by atoms with van der Waals surface area (Å²) < 4.78 is 0.935. The van der Waals surface area contributed by atoms with E-state index in [9.17, 15) is 19.7 Å². The second kappa shape index (κ2) is 6.88. The number of imide groups is 1. The number of nitrogens with zero attached hydrogens (tertiary/aromatic N) is 2. The van der Waals surface area contributed by atoms with Crippen molar-refractivity contribution in [3.05, 3.63) is 65.6 Å². The number of hydrogen-bond donors (Lipinski definition) is 0. The third-order valence-electron chi connectivity index (χ3n) is 3.20. The number of nitro benzene ring substituents is 1. The summed E-state index contributed by atoms with van der Waals surface area (Å²) in [6.45, 7) is 0.0117. The number of benzene rings is 1. The van der Waals surface area contributed by atoms with E-state index in [1.165, 1.54) is 29.5 Å². The quantitative estimate of drug-likeness (QED) is 0.405. The van der Waals surface area contributed by atoms with Crippen LogP contribution in [0.1, 0.15) is 10.4 Å². The van der Waals surface area contributed by atoms with Crippen LogP contribution in [-0.2, 0) is 11.3 Å². The van der Waals surface area contributed by atoms with Crippen LogP contribution < -0.4 is 0 Å². The molecule has 3 rings (SSSR count). The van der Waals surface area contributed by atoms with Gasteiger partial charge in [0.15, 0.2) is 0 Å². The molecule has 2 amide bonds. The molecule has 6 nitrogen and oxygen atoms in total. The molecule has 1 aromatic carbocycles. The molecule has 0 saturated carbocycles. The van der Waals surface area contributed by atoms with Crippen LogP contribution in [0.3, 0.4) is 0 Å². The van der Waals surface area contributed by atoms with Crippen LogP contribution in [-0.4, -0.2) is 21.0 Å². The standard InChI is InChI=1S/C15H9BrN2O4S2/c16-13-5-4-11(23-13)7-12-14(19)17(15(20)24-12)8-9-2-1-3-10(6-9)18(21)22/h1-7H,8H2/b12-7-. The first kappa shape index (κ1) is 16.9. The average Bonchev–Trinajstić information content (AvgIpc) is 3.06. The molecule has 9 heteroatoms. The number of rotatable bonds is 4. The zero-order valence-electron chi connectivity index (χ0n) is 12.0. The van der Waals surface area contributed by atoms with Gasteiger partial charge in [0, 0.05) is 17.0 Å². The molecule has 0 atom stereocenters. The Morgan fingerprint density at radius 1 is 1.25 bits per heavy atom. The van der Waals surface area contributed by atoms with Gasteiger partial charge in [-0.1, -0.05) is 12.1 Å². The van der Waals surface area contributed by atoms with Gasteiger partial charge in [-0.25, -0.2) is 0 Å². The van der Waals surface area contributed by atoms with Crippen molar-refractivity contribution in [2.45, 2.75) is 6.54 Å². The minimum Gasteiger partial charge on any atom is -0.268 e. The number of amides is 2. The second-order valence-electron chi connectivity index (χ2n) is 4.84. The third-order valence-corrected chi connectivity index (χ3v) is 5.68. The van der Waals surface area contributed by atoms with E-state index >= 15 is 0 Å². The Hall–Kier alpha value is -1.97. The maximum atomic E-state index is 12.4. The summed E-state index contributed by atoms with van der Waals surface area (Å²) in [4.78, 5) is 37.1. The zero-order valence-corrected chi connectivity index (χ0v) is 15.2. The first-order chi connectivity index (χ1) is 11.4. The number of hydrogen-bond acceptors (Lipinski definition) is 6. The molecular weight excluding hydrogens is 416 g/mol. The number of non-ortho nitro benzene ring substituents is 1. The normalized spacial score (nSPS) is 16.2. The van der Waals surface area contributed by atoms with Crippen molar-refractivity contribution in [3.8, 4) is 0 Å². The second-order valence-corrected chi connectivity index (χ2v) is 8.32. The molecule has 0 bridgehead atoms. The molecule has 24 heavy (non-hydrogen) atoms. The van der Waals surface area contributed by atoms with Crippen molar-refractivity contribution >= 4 is 61.9 Å². The number of carbonyl (C=O) groups is 2. The molecule has 2 aromatic rings. The topological polar surface area (TPSA) is 80.5 Å². The van der Waals surface area contributed by atoms with Crippen LogP contribution in [0.2, 0.25) is 0 Å². The lowest BCUT2D eigenvalue weighted by atomic mass is 10.2. The molecule has 2 heterocycles. The fraction of sp³-hybridized carbons (Fsp3) is 0.0667. The molecule has 1 aliphatic heterocycles. The third kappa shape index (κ3) is 3.58. The Bertz CT molecular complexity index is 878. The van der Waals surface area contributed by atoms with Gasteiger partial charge in [-0.15, -0.1) is 11.3 Å². The van der Waals surface area contributed by atoms with Crippen LogP contribution in [0.25, 0.3) is 6.08 Å². The van der Waals surface area contributed by atoms with Crippen LogP contribution in [0.5, 0.6) is 0 Å². The molecule has 0 radical (unpaired) electrons.